The van der Waals surface area contributed by atoms with Crippen molar-refractivity contribution < 1.29 is 28.2 Å². The van der Waals surface area contributed by atoms with E-state index in [-0.39, 0.29) is 17.9 Å². The van der Waals surface area contributed by atoms with Gasteiger partial charge in [-0.3, -0.25) is 0 Å². The summed E-state index contributed by atoms with van der Waals surface area (Å²) < 4.78 is 22.4. The topological polar surface area (TPSA) is 108 Å². The van der Waals surface area contributed by atoms with Gasteiger partial charge in [0.15, 0.2) is 11.2 Å². The SMILES string of the molecule is CC(=O)CCc1ccc(Oc2nc3ccccc3o2)cc1.CC(O)(CCc1ccc(Oc2nc3ccccc3o2)cc1)c1ccccc1. The summed E-state index contributed by atoms with van der Waals surface area (Å²) in [6, 6.07) is 40.2. The number of hydrogen-bond acceptors (Lipinski definition) is 8. The van der Waals surface area contributed by atoms with Gasteiger partial charge >= 0.3 is 12.2 Å². The number of rotatable bonds is 11. The summed E-state index contributed by atoms with van der Waals surface area (Å²) >= 11 is 0. The molecule has 8 nitrogen and oxygen atoms in total. The van der Waals surface area contributed by atoms with Crippen molar-refractivity contribution in [2.45, 2.75) is 45.1 Å². The zero-order valence-corrected chi connectivity index (χ0v) is 26.8. The van der Waals surface area contributed by atoms with Crippen molar-refractivity contribution in [1.82, 2.24) is 9.97 Å². The van der Waals surface area contributed by atoms with Crippen molar-refractivity contribution in [3.8, 4) is 23.7 Å². The molecule has 0 saturated carbocycles. The number of fused-ring (bicyclic) bond motifs is 2. The summed E-state index contributed by atoms with van der Waals surface area (Å²) in [6.45, 7) is 3.46. The molecule has 7 rings (SSSR count). The Kier molecular flexibility index (Phi) is 9.93. The van der Waals surface area contributed by atoms with E-state index >= 15 is 0 Å². The van der Waals surface area contributed by atoms with E-state index in [0.717, 1.165) is 40.6 Å². The minimum absolute atomic E-state index is 0.196. The van der Waals surface area contributed by atoms with Gasteiger partial charge in [0, 0.05) is 6.42 Å². The van der Waals surface area contributed by atoms with Gasteiger partial charge in [-0.15, -0.1) is 0 Å². The Bertz CT molecular complexity index is 2010. The lowest BCUT2D eigenvalue weighted by molar-refractivity contribution is -0.116. The lowest BCUT2D eigenvalue weighted by Gasteiger charge is -2.23. The standard InChI is InChI=1S/C23H21NO3.C17H15NO3/c1-23(25,18-7-3-2-4-8-18)16-15-17-11-13-19(14-12-17)26-22-24-20-9-5-6-10-21(20)27-22;1-12(19)6-7-13-8-10-14(11-9-13)20-17-18-15-4-2-3-5-16(15)21-17/h2-14,25H,15-16H2,1H3;2-5,8-11H,6-7H2,1H3. The van der Waals surface area contributed by atoms with Crippen LogP contribution in [0, 0.1) is 0 Å². The van der Waals surface area contributed by atoms with Crippen LogP contribution in [0.1, 0.15) is 43.4 Å². The number of benzene rings is 5. The fraction of sp³-hybridized carbons (Fsp3) is 0.175. The van der Waals surface area contributed by atoms with Gasteiger partial charge in [0.25, 0.3) is 0 Å². The maximum Gasteiger partial charge on any atom is 0.400 e. The minimum atomic E-state index is -0.853. The highest BCUT2D eigenvalue weighted by atomic mass is 16.6. The molecule has 48 heavy (non-hydrogen) atoms. The molecule has 0 spiro atoms. The lowest BCUT2D eigenvalue weighted by atomic mass is 9.89. The van der Waals surface area contributed by atoms with Gasteiger partial charge in [0.1, 0.15) is 28.3 Å². The fourth-order valence-corrected chi connectivity index (χ4v) is 5.09. The fourth-order valence-electron chi connectivity index (χ4n) is 5.09. The smallest absolute Gasteiger partial charge is 0.400 e. The van der Waals surface area contributed by atoms with E-state index in [9.17, 15) is 9.90 Å². The van der Waals surface area contributed by atoms with Crippen LogP contribution in [0.3, 0.4) is 0 Å². The minimum Gasteiger partial charge on any atom is -0.411 e. The Morgan fingerprint density at radius 2 is 1.10 bits per heavy atom. The molecule has 1 N–H and O–H groups in total. The average Bonchev–Trinajstić information content (AvgIpc) is 3.71. The third kappa shape index (κ3) is 8.54. The molecular weight excluding hydrogens is 604 g/mol. The molecule has 7 aromatic rings. The highest BCUT2D eigenvalue weighted by molar-refractivity contribution is 5.75. The van der Waals surface area contributed by atoms with E-state index in [2.05, 4.69) is 9.97 Å². The number of nitrogens with zero attached hydrogens (tertiary/aromatic N) is 2. The van der Waals surface area contributed by atoms with E-state index in [0.29, 0.717) is 35.5 Å². The lowest BCUT2D eigenvalue weighted by Crippen LogP contribution is -2.21. The predicted molar refractivity (Wildman–Crippen MR) is 184 cm³/mol. The van der Waals surface area contributed by atoms with Gasteiger partial charge in [-0.25, -0.2) is 0 Å². The monoisotopic (exact) mass is 640 g/mol. The third-order valence-corrected chi connectivity index (χ3v) is 7.87. The van der Waals surface area contributed by atoms with Gasteiger partial charge in [0.2, 0.25) is 0 Å². The van der Waals surface area contributed by atoms with Crippen LogP contribution in [-0.2, 0) is 23.2 Å². The van der Waals surface area contributed by atoms with Crippen LogP contribution in [0.25, 0.3) is 22.2 Å². The second-order valence-electron chi connectivity index (χ2n) is 11.7. The molecule has 0 aliphatic carbocycles. The molecular formula is C40H36N2O6. The molecule has 242 valence electrons. The molecule has 0 aliphatic rings. The summed E-state index contributed by atoms with van der Waals surface area (Å²) in [5.41, 5.74) is 5.26. The van der Waals surface area contributed by atoms with E-state index in [4.69, 9.17) is 18.3 Å². The molecule has 5 aromatic carbocycles. The quantitative estimate of drug-likeness (QED) is 0.149. The largest absolute Gasteiger partial charge is 0.411 e. The number of hydrogen-bond donors (Lipinski definition) is 1. The van der Waals surface area contributed by atoms with Crippen molar-refractivity contribution in [2.24, 2.45) is 0 Å². The summed E-state index contributed by atoms with van der Waals surface area (Å²) in [5.74, 6) is 1.52. The van der Waals surface area contributed by atoms with Gasteiger partial charge in [0.05, 0.1) is 5.60 Å². The van der Waals surface area contributed by atoms with E-state index < -0.39 is 5.60 Å². The van der Waals surface area contributed by atoms with Gasteiger partial charge in [-0.1, -0.05) is 78.9 Å². The van der Waals surface area contributed by atoms with Crippen LogP contribution in [0.15, 0.2) is 136 Å². The molecule has 0 saturated heterocycles. The molecule has 0 aliphatic heterocycles. The summed E-state index contributed by atoms with van der Waals surface area (Å²) in [5, 5.41) is 10.7. The highest BCUT2D eigenvalue weighted by Crippen LogP contribution is 2.29. The molecule has 2 aromatic heterocycles. The molecule has 8 heteroatoms. The zero-order valence-electron chi connectivity index (χ0n) is 26.8. The van der Waals surface area contributed by atoms with Crippen LogP contribution >= 0.6 is 0 Å². The van der Waals surface area contributed by atoms with Crippen molar-refractivity contribution in [3.05, 3.63) is 144 Å². The van der Waals surface area contributed by atoms with Crippen LogP contribution in [0.2, 0.25) is 0 Å². The Balaban J connectivity index is 0.000000173. The predicted octanol–water partition coefficient (Wildman–Crippen LogP) is 9.60. The number of carbonyl (C=O) groups excluding carboxylic acids is 1. The molecule has 1 unspecified atom stereocenters. The van der Waals surface area contributed by atoms with Crippen molar-refractivity contribution in [1.29, 1.82) is 0 Å². The van der Waals surface area contributed by atoms with Gasteiger partial charge in [-0.05, 0) is 98.3 Å². The first-order valence-electron chi connectivity index (χ1n) is 15.8. The maximum absolute atomic E-state index is 11.0. The van der Waals surface area contributed by atoms with Crippen LogP contribution in [-0.4, -0.2) is 20.9 Å². The van der Waals surface area contributed by atoms with E-state index in [1.165, 1.54) is 0 Å². The highest BCUT2D eigenvalue weighted by Gasteiger charge is 2.22. The molecule has 1 atom stereocenters. The number of aryl methyl sites for hydroxylation is 2. The number of ether oxygens (including phenoxy) is 2. The van der Waals surface area contributed by atoms with Gasteiger partial charge in [-0.2, -0.15) is 9.97 Å². The molecule has 0 fully saturated rings. The summed E-state index contributed by atoms with van der Waals surface area (Å²) in [4.78, 5) is 19.5. The first-order valence-corrected chi connectivity index (χ1v) is 15.8. The van der Waals surface area contributed by atoms with Crippen molar-refractivity contribution >= 4 is 28.0 Å². The third-order valence-electron chi connectivity index (χ3n) is 7.87. The number of aliphatic hydroxyl groups is 1. The number of carbonyl (C=O) groups is 1. The number of Topliss-reactive ketones (excluding diaryl/α,β-unsaturated/α-hetero) is 1. The molecule has 2 heterocycles. The number of ketones is 1. The first kappa shape index (κ1) is 32.2. The Labute approximate surface area is 278 Å². The number of oxazole rings is 2. The second kappa shape index (κ2) is 14.8. The Morgan fingerprint density at radius 1 is 0.646 bits per heavy atom. The van der Waals surface area contributed by atoms with Crippen molar-refractivity contribution in [2.75, 3.05) is 0 Å². The molecule has 0 radical (unpaired) electrons. The molecule has 0 bridgehead atoms. The van der Waals surface area contributed by atoms with Crippen LogP contribution < -0.4 is 9.47 Å². The first-order chi connectivity index (χ1) is 23.3. The zero-order chi connectivity index (χ0) is 33.3. The summed E-state index contributed by atoms with van der Waals surface area (Å²) in [6.07, 6.45) is 3.18. The summed E-state index contributed by atoms with van der Waals surface area (Å²) in [7, 11) is 0. The maximum atomic E-state index is 11.0. The normalized spacial score (nSPS) is 12.2. The van der Waals surface area contributed by atoms with E-state index in [1.807, 2.05) is 134 Å². The Morgan fingerprint density at radius 3 is 1.58 bits per heavy atom. The average molecular weight is 641 g/mol. The number of para-hydroxylation sites is 4. The second-order valence-corrected chi connectivity index (χ2v) is 11.7. The van der Waals surface area contributed by atoms with Crippen LogP contribution in [0.4, 0.5) is 0 Å². The van der Waals surface area contributed by atoms with Crippen molar-refractivity contribution in [3.63, 3.8) is 0 Å². The van der Waals surface area contributed by atoms with Gasteiger partial charge < -0.3 is 28.2 Å². The Hall–Kier alpha value is -5.73. The van der Waals surface area contributed by atoms with E-state index in [1.54, 1.807) is 6.92 Å². The van der Waals surface area contributed by atoms with Crippen LogP contribution in [0.5, 0.6) is 23.7 Å². The molecule has 0 amide bonds. The number of aromatic nitrogens is 2.